The van der Waals surface area contributed by atoms with Gasteiger partial charge in [-0.15, -0.1) is 0 Å². The van der Waals surface area contributed by atoms with Crippen LogP contribution in [-0.4, -0.2) is 11.1 Å². The van der Waals surface area contributed by atoms with Gasteiger partial charge in [-0.3, -0.25) is 4.79 Å². The van der Waals surface area contributed by atoms with Gasteiger partial charge in [0.2, 0.25) is 0 Å². The number of nitrogens with zero attached hydrogens (tertiary/aromatic N) is 1. The molecule has 3 aromatic rings. The molecule has 7 heteroatoms. The molecule has 1 fully saturated rings. The van der Waals surface area contributed by atoms with Crippen molar-refractivity contribution in [3.63, 3.8) is 0 Å². The summed E-state index contributed by atoms with van der Waals surface area (Å²) in [7, 11) is 0. The first-order chi connectivity index (χ1) is 15.0. The van der Waals surface area contributed by atoms with Crippen LogP contribution in [0.15, 0.2) is 81.1 Å². The molecule has 4 rings (SSSR count). The Labute approximate surface area is 192 Å². The summed E-state index contributed by atoms with van der Waals surface area (Å²) in [6.45, 7) is 2.27. The fourth-order valence-corrected chi connectivity index (χ4v) is 4.23. The first-order valence-corrected chi connectivity index (χ1v) is 11.1. The van der Waals surface area contributed by atoms with Crippen molar-refractivity contribution < 1.29 is 13.9 Å². The molecule has 4 nitrogen and oxygen atoms in total. The van der Waals surface area contributed by atoms with Crippen molar-refractivity contribution >= 4 is 50.5 Å². The molecule has 0 aromatic heterocycles. The molecule has 1 aliphatic heterocycles. The lowest BCUT2D eigenvalue weighted by Crippen LogP contribution is -2.19. The normalized spacial score (nSPS) is 16.0. The van der Waals surface area contributed by atoms with Crippen LogP contribution in [-0.2, 0) is 11.4 Å². The van der Waals surface area contributed by atoms with Crippen LogP contribution in [0.5, 0.6) is 5.75 Å². The van der Waals surface area contributed by atoms with E-state index >= 15 is 0 Å². The Bertz CT molecular complexity index is 1190. The molecule has 0 saturated carbocycles. The first-order valence-electron chi connectivity index (χ1n) is 9.49. The minimum Gasteiger partial charge on any atom is -0.488 e. The third kappa shape index (κ3) is 5.62. The molecule has 0 aliphatic carbocycles. The van der Waals surface area contributed by atoms with Gasteiger partial charge in [0.1, 0.15) is 18.2 Å². The SMILES string of the molecule is Cc1ccc(N=C2NC(=O)/C(=C\c3ccc(OCc4cccc(F)c4)c(Br)c3)S2)cc1. The lowest BCUT2D eigenvalue weighted by Gasteiger charge is -2.09. The van der Waals surface area contributed by atoms with Crippen LogP contribution >= 0.6 is 27.7 Å². The van der Waals surface area contributed by atoms with Gasteiger partial charge in [-0.25, -0.2) is 9.38 Å². The molecule has 1 saturated heterocycles. The summed E-state index contributed by atoms with van der Waals surface area (Å²) in [6.07, 6.45) is 1.80. The molecule has 0 bridgehead atoms. The van der Waals surface area contributed by atoms with Crippen LogP contribution in [0, 0.1) is 12.7 Å². The second-order valence-electron chi connectivity index (χ2n) is 6.93. The zero-order valence-corrected chi connectivity index (χ0v) is 19.0. The minimum absolute atomic E-state index is 0.182. The lowest BCUT2D eigenvalue weighted by atomic mass is 10.2. The Kier molecular flexibility index (Phi) is 6.53. The van der Waals surface area contributed by atoms with Gasteiger partial charge in [0.25, 0.3) is 5.91 Å². The van der Waals surface area contributed by atoms with Gasteiger partial charge < -0.3 is 10.1 Å². The van der Waals surface area contributed by atoms with Gasteiger partial charge in [-0.1, -0.05) is 35.9 Å². The van der Waals surface area contributed by atoms with E-state index in [4.69, 9.17) is 4.74 Å². The quantitative estimate of drug-likeness (QED) is 0.417. The third-order valence-electron chi connectivity index (χ3n) is 4.45. The molecule has 1 amide bonds. The summed E-state index contributed by atoms with van der Waals surface area (Å²) >= 11 is 4.80. The highest BCUT2D eigenvalue weighted by Gasteiger charge is 2.23. The molecule has 0 radical (unpaired) electrons. The van der Waals surface area contributed by atoms with E-state index in [2.05, 4.69) is 26.2 Å². The van der Waals surface area contributed by atoms with E-state index in [9.17, 15) is 9.18 Å². The molecule has 1 aliphatic rings. The monoisotopic (exact) mass is 496 g/mol. The molecule has 1 heterocycles. The summed E-state index contributed by atoms with van der Waals surface area (Å²) in [5.41, 5.74) is 3.54. The van der Waals surface area contributed by atoms with Gasteiger partial charge >= 0.3 is 0 Å². The number of amidine groups is 1. The second-order valence-corrected chi connectivity index (χ2v) is 8.81. The zero-order valence-electron chi connectivity index (χ0n) is 16.6. The smallest absolute Gasteiger partial charge is 0.264 e. The number of halogens is 2. The van der Waals surface area contributed by atoms with Gasteiger partial charge in [0, 0.05) is 0 Å². The minimum atomic E-state index is -0.292. The van der Waals surface area contributed by atoms with E-state index in [1.807, 2.05) is 49.4 Å². The average molecular weight is 497 g/mol. The van der Waals surface area contributed by atoms with Crippen LogP contribution < -0.4 is 10.1 Å². The van der Waals surface area contributed by atoms with Crippen LogP contribution in [0.4, 0.5) is 10.1 Å². The highest BCUT2D eigenvalue weighted by atomic mass is 79.9. The standard InChI is InChI=1S/C24H18BrFN2O2S/c1-15-5-8-19(9-6-15)27-24-28-23(29)22(31-24)13-16-7-10-21(20(25)12-16)30-14-17-3-2-4-18(26)11-17/h2-13H,14H2,1H3,(H,27,28,29)/b22-13+. The molecule has 156 valence electrons. The van der Waals surface area contributed by atoms with Crippen molar-refractivity contribution in [3.05, 3.63) is 98.6 Å². The fraction of sp³-hybridized carbons (Fsp3) is 0.0833. The Morgan fingerprint density at radius 2 is 1.94 bits per heavy atom. The number of aliphatic imine (C=N–C) groups is 1. The van der Waals surface area contributed by atoms with Gasteiger partial charge in [-0.2, -0.15) is 0 Å². The van der Waals surface area contributed by atoms with Crippen LogP contribution in [0.2, 0.25) is 0 Å². The van der Waals surface area contributed by atoms with Crippen molar-refractivity contribution in [2.75, 3.05) is 0 Å². The van der Waals surface area contributed by atoms with Gasteiger partial charge in [0.15, 0.2) is 5.17 Å². The maximum atomic E-state index is 13.3. The van der Waals surface area contributed by atoms with Crippen molar-refractivity contribution in [3.8, 4) is 5.75 Å². The average Bonchev–Trinajstić information content (AvgIpc) is 3.08. The largest absolute Gasteiger partial charge is 0.488 e. The maximum absolute atomic E-state index is 13.3. The molecular formula is C24H18BrFN2O2S. The number of thioether (sulfide) groups is 1. The molecular weight excluding hydrogens is 479 g/mol. The number of aryl methyl sites for hydroxylation is 1. The number of hydrogen-bond donors (Lipinski definition) is 1. The summed E-state index contributed by atoms with van der Waals surface area (Å²) in [5.74, 6) is 0.162. The highest BCUT2D eigenvalue weighted by Crippen LogP contribution is 2.31. The van der Waals surface area contributed by atoms with Crippen molar-refractivity contribution in [1.82, 2.24) is 5.32 Å². The van der Waals surface area contributed by atoms with Crippen molar-refractivity contribution in [2.24, 2.45) is 4.99 Å². The Hall–Kier alpha value is -2.90. The Balaban J connectivity index is 1.45. The second kappa shape index (κ2) is 9.49. The molecule has 3 aromatic carbocycles. The number of hydrogen-bond acceptors (Lipinski definition) is 4. The van der Waals surface area contributed by atoms with E-state index in [0.717, 1.165) is 26.9 Å². The van der Waals surface area contributed by atoms with Crippen LogP contribution in [0.1, 0.15) is 16.7 Å². The highest BCUT2D eigenvalue weighted by molar-refractivity contribution is 9.10. The Morgan fingerprint density at radius 3 is 2.68 bits per heavy atom. The number of carbonyl (C=O) groups is 1. The van der Waals surface area contributed by atoms with Crippen molar-refractivity contribution in [2.45, 2.75) is 13.5 Å². The molecule has 31 heavy (non-hydrogen) atoms. The predicted octanol–water partition coefficient (Wildman–Crippen LogP) is 6.37. The van der Waals surface area contributed by atoms with E-state index in [1.54, 1.807) is 18.2 Å². The van der Waals surface area contributed by atoms with Crippen LogP contribution in [0.25, 0.3) is 6.08 Å². The van der Waals surface area contributed by atoms with Crippen molar-refractivity contribution in [1.29, 1.82) is 0 Å². The van der Waals surface area contributed by atoms with Gasteiger partial charge in [-0.05, 0) is 88.2 Å². The van der Waals surface area contributed by atoms with E-state index in [-0.39, 0.29) is 18.3 Å². The topological polar surface area (TPSA) is 50.7 Å². The summed E-state index contributed by atoms with van der Waals surface area (Å²) < 4.78 is 19.8. The number of ether oxygens (including phenoxy) is 1. The molecule has 0 spiro atoms. The molecule has 0 atom stereocenters. The summed E-state index contributed by atoms with van der Waals surface area (Å²) in [6, 6.07) is 19.6. The third-order valence-corrected chi connectivity index (χ3v) is 5.98. The zero-order chi connectivity index (χ0) is 21.8. The number of rotatable bonds is 5. The lowest BCUT2D eigenvalue weighted by molar-refractivity contribution is -0.115. The van der Waals surface area contributed by atoms with Crippen LogP contribution in [0.3, 0.4) is 0 Å². The summed E-state index contributed by atoms with van der Waals surface area (Å²) in [5, 5.41) is 3.35. The van der Waals surface area contributed by atoms with E-state index in [0.29, 0.717) is 15.8 Å². The first kappa shape index (κ1) is 21.3. The molecule has 0 unspecified atom stereocenters. The number of nitrogens with one attached hydrogen (secondary N) is 1. The number of amides is 1. The van der Waals surface area contributed by atoms with E-state index in [1.165, 1.54) is 23.9 Å². The van der Waals surface area contributed by atoms with E-state index < -0.39 is 0 Å². The number of benzene rings is 3. The van der Waals surface area contributed by atoms with Gasteiger partial charge in [0.05, 0.1) is 15.1 Å². The number of carbonyl (C=O) groups excluding carboxylic acids is 1. The summed E-state index contributed by atoms with van der Waals surface area (Å²) in [4.78, 5) is 17.4. The maximum Gasteiger partial charge on any atom is 0.264 e. The Morgan fingerprint density at radius 1 is 1.13 bits per heavy atom. The molecule has 1 N–H and O–H groups in total. The fourth-order valence-electron chi connectivity index (χ4n) is 2.88. The predicted molar refractivity (Wildman–Crippen MR) is 127 cm³/mol.